The number of likely N-dealkylation sites (N-methyl/N-ethyl adjacent to an activating group) is 2. The van der Waals surface area contributed by atoms with Crippen LogP contribution in [0.3, 0.4) is 0 Å². The quantitative estimate of drug-likeness (QED) is 0.876. The fraction of sp³-hybridized carbons (Fsp3) is 0.450. The van der Waals surface area contributed by atoms with E-state index in [0.717, 1.165) is 11.1 Å². The second-order valence-corrected chi connectivity index (χ2v) is 7.47. The van der Waals surface area contributed by atoms with E-state index < -0.39 is 6.04 Å². The van der Waals surface area contributed by atoms with Gasteiger partial charge in [-0.2, -0.15) is 0 Å². The third kappa shape index (κ3) is 3.41. The average molecular weight is 370 g/mol. The first-order valence-corrected chi connectivity index (χ1v) is 9.09. The molecule has 7 heteroatoms. The van der Waals surface area contributed by atoms with E-state index in [1.54, 1.807) is 19.0 Å². The number of carbonyl (C=O) groups excluding carboxylic acids is 3. The number of nitrogens with one attached hydrogen (secondary N) is 1. The van der Waals surface area contributed by atoms with Gasteiger partial charge in [-0.15, -0.1) is 0 Å². The summed E-state index contributed by atoms with van der Waals surface area (Å²) in [6, 6.07) is 7.06. The molecule has 1 N–H and O–H groups in total. The average Bonchev–Trinajstić information content (AvgIpc) is 2.95. The lowest BCUT2D eigenvalue weighted by molar-refractivity contribution is -0.137. The van der Waals surface area contributed by atoms with E-state index in [2.05, 4.69) is 5.32 Å². The zero-order chi connectivity index (χ0) is 19.9. The normalized spacial score (nSPS) is 19.6. The molecule has 1 aromatic rings. The van der Waals surface area contributed by atoms with Gasteiger partial charge in [0.1, 0.15) is 6.54 Å². The molecular formula is C20H26N4O3. The van der Waals surface area contributed by atoms with E-state index in [1.807, 2.05) is 45.0 Å². The summed E-state index contributed by atoms with van der Waals surface area (Å²) in [5.74, 6) is -0.319. The highest BCUT2D eigenvalue weighted by molar-refractivity contribution is 6.02. The molecule has 0 radical (unpaired) electrons. The summed E-state index contributed by atoms with van der Waals surface area (Å²) in [4.78, 5) is 42.5. The Kier molecular flexibility index (Phi) is 4.95. The number of hydrogen-bond acceptors (Lipinski definition) is 3. The summed E-state index contributed by atoms with van der Waals surface area (Å²) in [6.45, 7) is 6.11. The zero-order valence-electron chi connectivity index (χ0n) is 16.4. The van der Waals surface area contributed by atoms with Crippen molar-refractivity contribution in [1.29, 1.82) is 0 Å². The molecule has 2 heterocycles. The molecule has 0 fully saturated rings. The molecule has 0 saturated heterocycles. The fourth-order valence-electron chi connectivity index (χ4n) is 3.32. The predicted molar refractivity (Wildman–Crippen MR) is 102 cm³/mol. The molecule has 144 valence electrons. The lowest BCUT2D eigenvalue weighted by atomic mass is 9.95. The van der Waals surface area contributed by atoms with Crippen LogP contribution in [-0.2, 0) is 9.59 Å². The Bertz CT molecular complexity index is 813. The standard InChI is InChI=1S/C20H26N4O3/c1-12(2)22(4)16(25)11-24-10-15-17(19(24)26)18(21-20(27)23(15)5)14-8-6-13(3)7-9-14/h6-9,12,18H,10-11H2,1-5H3,(H,21,27)/t18-/m1/s1. The van der Waals surface area contributed by atoms with E-state index in [1.165, 1.54) is 9.80 Å². The summed E-state index contributed by atoms with van der Waals surface area (Å²) < 4.78 is 0. The maximum Gasteiger partial charge on any atom is 0.322 e. The van der Waals surface area contributed by atoms with Gasteiger partial charge in [0.15, 0.2) is 0 Å². The number of hydrogen-bond donors (Lipinski definition) is 1. The van der Waals surface area contributed by atoms with Gasteiger partial charge in [0, 0.05) is 20.1 Å². The minimum atomic E-state index is -0.500. The van der Waals surface area contributed by atoms with Crippen molar-refractivity contribution < 1.29 is 14.4 Å². The van der Waals surface area contributed by atoms with Gasteiger partial charge in [0.2, 0.25) is 5.91 Å². The zero-order valence-corrected chi connectivity index (χ0v) is 16.4. The molecule has 0 aromatic heterocycles. The van der Waals surface area contributed by atoms with Crippen LogP contribution in [0, 0.1) is 6.92 Å². The molecule has 2 aliphatic heterocycles. The number of benzene rings is 1. The van der Waals surface area contributed by atoms with Crippen LogP contribution in [0.25, 0.3) is 0 Å². The number of amides is 4. The van der Waals surface area contributed by atoms with Crippen molar-refractivity contribution in [1.82, 2.24) is 20.0 Å². The molecule has 0 spiro atoms. The Hall–Kier alpha value is -2.83. The number of carbonyl (C=O) groups is 3. The first-order chi connectivity index (χ1) is 12.7. The molecule has 3 rings (SSSR count). The van der Waals surface area contributed by atoms with E-state index in [9.17, 15) is 14.4 Å². The molecule has 0 saturated carbocycles. The van der Waals surface area contributed by atoms with Gasteiger partial charge >= 0.3 is 6.03 Å². The minimum Gasteiger partial charge on any atom is -0.342 e. The number of rotatable bonds is 4. The minimum absolute atomic E-state index is 0.00314. The Morgan fingerprint density at radius 3 is 2.48 bits per heavy atom. The van der Waals surface area contributed by atoms with Crippen LogP contribution in [0.2, 0.25) is 0 Å². The molecule has 4 amide bonds. The number of urea groups is 1. The molecule has 0 unspecified atom stereocenters. The smallest absolute Gasteiger partial charge is 0.322 e. The van der Waals surface area contributed by atoms with E-state index in [-0.39, 0.29) is 37.0 Å². The monoisotopic (exact) mass is 370 g/mol. The highest BCUT2D eigenvalue weighted by Gasteiger charge is 2.43. The van der Waals surface area contributed by atoms with Crippen LogP contribution in [0.4, 0.5) is 4.79 Å². The first-order valence-electron chi connectivity index (χ1n) is 9.09. The van der Waals surface area contributed by atoms with E-state index in [0.29, 0.717) is 11.3 Å². The topological polar surface area (TPSA) is 73.0 Å². The first kappa shape index (κ1) is 18.9. The van der Waals surface area contributed by atoms with Crippen molar-refractivity contribution in [2.45, 2.75) is 32.9 Å². The van der Waals surface area contributed by atoms with Gasteiger partial charge in [0.05, 0.1) is 23.9 Å². The third-order valence-corrected chi connectivity index (χ3v) is 5.34. The van der Waals surface area contributed by atoms with Crippen LogP contribution in [0.15, 0.2) is 35.5 Å². The molecule has 7 nitrogen and oxygen atoms in total. The molecule has 1 aromatic carbocycles. The van der Waals surface area contributed by atoms with Crippen molar-refractivity contribution in [3.63, 3.8) is 0 Å². The van der Waals surface area contributed by atoms with Gasteiger partial charge in [-0.3, -0.25) is 14.5 Å². The molecule has 2 aliphatic rings. The molecule has 27 heavy (non-hydrogen) atoms. The molecule has 0 bridgehead atoms. The third-order valence-electron chi connectivity index (χ3n) is 5.34. The van der Waals surface area contributed by atoms with Gasteiger partial charge < -0.3 is 15.1 Å². The summed E-state index contributed by atoms with van der Waals surface area (Å²) >= 11 is 0. The number of aryl methyl sites for hydroxylation is 1. The Balaban J connectivity index is 1.89. The maximum atomic E-state index is 13.1. The van der Waals surface area contributed by atoms with Crippen LogP contribution >= 0.6 is 0 Å². The Labute approximate surface area is 159 Å². The highest BCUT2D eigenvalue weighted by Crippen LogP contribution is 2.35. The summed E-state index contributed by atoms with van der Waals surface area (Å²) in [5.41, 5.74) is 3.17. The van der Waals surface area contributed by atoms with Crippen molar-refractivity contribution >= 4 is 17.8 Å². The van der Waals surface area contributed by atoms with Crippen LogP contribution in [-0.4, -0.2) is 65.8 Å². The van der Waals surface area contributed by atoms with E-state index >= 15 is 0 Å². The summed E-state index contributed by atoms with van der Waals surface area (Å²) in [6.07, 6.45) is 0. The van der Waals surface area contributed by atoms with Crippen molar-refractivity contribution in [3.8, 4) is 0 Å². The Morgan fingerprint density at radius 2 is 1.89 bits per heavy atom. The van der Waals surface area contributed by atoms with E-state index in [4.69, 9.17) is 0 Å². The van der Waals surface area contributed by atoms with Gasteiger partial charge in [-0.25, -0.2) is 4.79 Å². The number of nitrogens with zero attached hydrogens (tertiary/aromatic N) is 3. The van der Waals surface area contributed by atoms with Crippen LogP contribution < -0.4 is 5.32 Å². The van der Waals surface area contributed by atoms with Crippen molar-refractivity contribution in [2.24, 2.45) is 0 Å². The molecular weight excluding hydrogens is 344 g/mol. The SMILES string of the molecule is Cc1ccc([C@H]2NC(=O)N(C)C3=C2C(=O)N(CC(=O)N(C)C(C)C)C3)cc1. The van der Waals surface area contributed by atoms with Gasteiger partial charge in [0.25, 0.3) is 5.91 Å². The summed E-state index contributed by atoms with van der Waals surface area (Å²) in [5, 5.41) is 2.90. The maximum absolute atomic E-state index is 13.1. The van der Waals surface area contributed by atoms with Gasteiger partial charge in [-0.05, 0) is 26.3 Å². The molecule has 0 aliphatic carbocycles. The Morgan fingerprint density at radius 1 is 1.26 bits per heavy atom. The van der Waals surface area contributed by atoms with Crippen molar-refractivity contribution in [3.05, 3.63) is 46.7 Å². The van der Waals surface area contributed by atoms with Crippen molar-refractivity contribution in [2.75, 3.05) is 27.2 Å². The van der Waals surface area contributed by atoms with Crippen LogP contribution in [0.5, 0.6) is 0 Å². The fourth-order valence-corrected chi connectivity index (χ4v) is 3.32. The predicted octanol–water partition coefficient (Wildman–Crippen LogP) is 1.65. The second-order valence-electron chi connectivity index (χ2n) is 7.47. The van der Waals surface area contributed by atoms with Gasteiger partial charge in [-0.1, -0.05) is 29.8 Å². The molecule has 1 atom stereocenters. The lowest BCUT2D eigenvalue weighted by Gasteiger charge is -2.31. The second kappa shape index (κ2) is 7.06. The lowest BCUT2D eigenvalue weighted by Crippen LogP contribution is -2.45. The summed E-state index contributed by atoms with van der Waals surface area (Å²) in [7, 11) is 3.38. The largest absolute Gasteiger partial charge is 0.342 e. The highest BCUT2D eigenvalue weighted by atomic mass is 16.2. The van der Waals surface area contributed by atoms with Crippen LogP contribution in [0.1, 0.15) is 31.0 Å².